The number of hydrogen-bond donors (Lipinski definition) is 0. The maximum absolute atomic E-state index is 10.4. The van der Waals surface area contributed by atoms with Crippen molar-refractivity contribution in [2.75, 3.05) is 0 Å². The van der Waals surface area contributed by atoms with Gasteiger partial charge in [0.05, 0.1) is 0 Å². The SMILES string of the molecule is CCCCc1cc(C)c(C=O)o1. The molecule has 2 heteroatoms. The van der Waals surface area contributed by atoms with E-state index in [4.69, 9.17) is 4.42 Å². The van der Waals surface area contributed by atoms with Crippen molar-refractivity contribution in [2.45, 2.75) is 33.1 Å². The lowest BCUT2D eigenvalue weighted by Gasteiger charge is -1.91. The Kier molecular flexibility index (Phi) is 3.09. The van der Waals surface area contributed by atoms with Gasteiger partial charge in [-0.2, -0.15) is 0 Å². The molecule has 0 aromatic carbocycles. The first-order valence-electron chi connectivity index (χ1n) is 4.32. The van der Waals surface area contributed by atoms with E-state index in [1.54, 1.807) is 0 Å². The molecule has 0 amide bonds. The first-order valence-corrected chi connectivity index (χ1v) is 4.32. The Labute approximate surface area is 72.6 Å². The Morgan fingerprint density at radius 1 is 1.58 bits per heavy atom. The number of furan rings is 1. The molecule has 0 aliphatic rings. The summed E-state index contributed by atoms with van der Waals surface area (Å²) >= 11 is 0. The summed E-state index contributed by atoms with van der Waals surface area (Å²) < 4.78 is 5.30. The highest BCUT2D eigenvalue weighted by Crippen LogP contribution is 2.14. The average molecular weight is 166 g/mol. The lowest BCUT2D eigenvalue weighted by molar-refractivity contribution is 0.109. The minimum absolute atomic E-state index is 0.473. The molecule has 0 N–H and O–H groups in total. The third-order valence-corrected chi connectivity index (χ3v) is 1.89. The Morgan fingerprint density at radius 3 is 2.83 bits per heavy atom. The Morgan fingerprint density at radius 2 is 2.33 bits per heavy atom. The zero-order chi connectivity index (χ0) is 8.97. The van der Waals surface area contributed by atoms with E-state index in [1.807, 2.05) is 13.0 Å². The molecule has 1 aromatic heterocycles. The molecule has 2 nitrogen and oxygen atoms in total. The standard InChI is InChI=1S/C10H14O2/c1-3-4-5-9-6-8(2)10(7-11)12-9/h6-7H,3-5H2,1-2H3. The van der Waals surface area contributed by atoms with E-state index < -0.39 is 0 Å². The minimum Gasteiger partial charge on any atom is -0.458 e. The van der Waals surface area contributed by atoms with E-state index in [0.717, 1.165) is 36.9 Å². The van der Waals surface area contributed by atoms with Crippen LogP contribution in [0.4, 0.5) is 0 Å². The fourth-order valence-corrected chi connectivity index (χ4v) is 1.16. The second-order valence-electron chi connectivity index (χ2n) is 2.98. The smallest absolute Gasteiger partial charge is 0.185 e. The van der Waals surface area contributed by atoms with Gasteiger partial charge in [0.15, 0.2) is 12.0 Å². The predicted octanol–water partition coefficient (Wildman–Crippen LogP) is 2.74. The zero-order valence-corrected chi connectivity index (χ0v) is 7.59. The largest absolute Gasteiger partial charge is 0.458 e. The minimum atomic E-state index is 0.473. The van der Waals surface area contributed by atoms with Crippen molar-refractivity contribution in [3.63, 3.8) is 0 Å². The van der Waals surface area contributed by atoms with E-state index in [1.165, 1.54) is 0 Å². The molecule has 0 spiro atoms. The molecule has 0 bridgehead atoms. The molecule has 0 atom stereocenters. The molecule has 66 valence electrons. The molecule has 0 aliphatic heterocycles. The summed E-state index contributed by atoms with van der Waals surface area (Å²) in [5.74, 6) is 1.40. The number of aldehydes is 1. The van der Waals surface area contributed by atoms with E-state index in [2.05, 4.69) is 6.92 Å². The lowest BCUT2D eigenvalue weighted by Crippen LogP contribution is -1.79. The number of unbranched alkanes of at least 4 members (excludes halogenated alkanes) is 1. The van der Waals surface area contributed by atoms with E-state index in [-0.39, 0.29) is 0 Å². The van der Waals surface area contributed by atoms with Crippen LogP contribution in [0, 0.1) is 6.92 Å². The quantitative estimate of drug-likeness (QED) is 0.644. The summed E-state index contributed by atoms with van der Waals surface area (Å²) in [7, 11) is 0. The maximum Gasteiger partial charge on any atom is 0.185 e. The van der Waals surface area contributed by atoms with Gasteiger partial charge in [0.1, 0.15) is 5.76 Å². The summed E-state index contributed by atoms with van der Waals surface area (Å²) in [5, 5.41) is 0. The van der Waals surface area contributed by atoms with E-state index >= 15 is 0 Å². The molecule has 0 radical (unpaired) electrons. The van der Waals surface area contributed by atoms with Crippen LogP contribution in [-0.4, -0.2) is 6.29 Å². The van der Waals surface area contributed by atoms with Gasteiger partial charge in [-0.3, -0.25) is 4.79 Å². The molecule has 0 aliphatic carbocycles. The highest BCUT2D eigenvalue weighted by atomic mass is 16.3. The van der Waals surface area contributed by atoms with Crippen molar-refractivity contribution in [3.05, 3.63) is 23.2 Å². The third-order valence-electron chi connectivity index (χ3n) is 1.89. The van der Waals surface area contributed by atoms with Crippen LogP contribution < -0.4 is 0 Å². The van der Waals surface area contributed by atoms with Crippen molar-refractivity contribution >= 4 is 6.29 Å². The van der Waals surface area contributed by atoms with Crippen LogP contribution in [0.5, 0.6) is 0 Å². The summed E-state index contributed by atoms with van der Waals surface area (Å²) in [4.78, 5) is 10.4. The van der Waals surface area contributed by atoms with Crippen molar-refractivity contribution in [1.82, 2.24) is 0 Å². The second kappa shape index (κ2) is 4.10. The number of hydrogen-bond acceptors (Lipinski definition) is 2. The highest BCUT2D eigenvalue weighted by Gasteiger charge is 2.04. The van der Waals surface area contributed by atoms with Crippen LogP contribution in [0.3, 0.4) is 0 Å². The molecule has 0 saturated carbocycles. The summed E-state index contributed by atoms with van der Waals surface area (Å²) in [5.41, 5.74) is 0.941. The molecule has 1 aromatic rings. The van der Waals surface area contributed by atoms with Crippen LogP contribution in [0.25, 0.3) is 0 Å². The Balaban J connectivity index is 2.68. The van der Waals surface area contributed by atoms with Gasteiger partial charge in [0.2, 0.25) is 0 Å². The van der Waals surface area contributed by atoms with Gasteiger partial charge < -0.3 is 4.42 Å². The first-order chi connectivity index (χ1) is 5.77. The first kappa shape index (κ1) is 9.04. The molecule has 1 heterocycles. The molecule has 0 saturated heterocycles. The highest BCUT2D eigenvalue weighted by molar-refractivity contribution is 5.72. The number of carbonyl (C=O) groups is 1. The summed E-state index contributed by atoms with van der Waals surface area (Å²) in [6.07, 6.45) is 3.97. The zero-order valence-electron chi connectivity index (χ0n) is 7.59. The van der Waals surface area contributed by atoms with Gasteiger partial charge in [-0.05, 0) is 25.0 Å². The number of aryl methyl sites for hydroxylation is 2. The predicted molar refractivity (Wildman–Crippen MR) is 47.4 cm³/mol. The molecular weight excluding hydrogens is 152 g/mol. The van der Waals surface area contributed by atoms with Gasteiger partial charge in [0, 0.05) is 6.42 Å². The molecule has 1 rings (SSSR count). The fraction of sp³-hybridized carbons (Fsp3) is 0.500. The van der Waals surface area contributed by atoms with E-state index in [9.17, 15) is 4.79 Å². The second-order valence-corrected chi connectivity index (χ2v) is 2.98. The van der Waals surface area contributed by atoms with Crippen LogP contribution >= 0.6 is 0 Å². The number of carbonyl (C=O) groups excluding carboxylic acids is 1. The molecular formula is C10H14O2. The lowest BCUT2D eigenvalue weighted by atomic mass is 10.2. The summed E-state index contributed by atoms with van der Waals surface area (Å²) in [6, 6.07) is 1.94. The van der Waals surface area contributed by atoms with Crippen molar-refractivity contribution < 1.29 is 9.21 Å². The van der Waals surface area contributed by atoms with E-state index in [0.29, 0.717) is 5.76 Å². The third kappa shape index (κ3) is 1.97. The maximum atomic E-state index is 10.4. The van der Waals surface area contributed by atoms with Gasteiger partial charge in [-0.15, -0.1) is 0 Å². The molecule has 12 heavy (non-hydrogen) atoms. The van der Waals surface area contributed by atoms with Crippen molar-refractivity contribution in [1.29, 1.82) is 0 Å². The van der Waals surface area contributed by atoms with Crippen LogP contribution in [0.15, 0.2) is 10.5 Å². The normalized spacial score (nSPS) is 10.2. The topological polar surface area (TPSA) is 30.2 Å². The van der Waals surface area contributed by atoms with Gasteiger partial charge >= 0.3 is 0 Å². The summed E-state index contributed by atoms with van der Waals surface area (Å²) in [6.45, 7) is 4.03. The van der Waals surface area contributed by atoms with Gasteiger partial charge in [0.25, 0.3) is 0 Å². The Bertz CT molecular complexity index is 261. The van der Waals surface area contributed by atoms with Crippen molar-refractivity contribution in [2.24, 2.45) is 0 Å². The van der Waals surface area contributed by atoms with Crippen LogP contribution in [0.2, 0.25) is 0 Å². The van der Waals surface area contributed by atoms with Crippen LogP contribution in [0.1, 0.15) is 41.6 Å². The van der Waals surface area contributed by atoms with Gasteiger partial charge in [-0.25, -0.2) is 0 Å². The van der Waals surface area contributed by atoms with Gasteiger partial charge in [-0.1, -0.05) is 13.3 Å². The monoisotopic (exact) mass is 166 g/mol. The Hall–Kier alpha value is -1.05. The molecule has 0 fully saturated rings. The molecule has 0 unspecified atom stereocenters. The van der Waals surface area contributed by atoms with Crippen molar-refractivity contribution in [3.8, 4) is 0 Å². The van der Waals surface area contributed by atoms with Crippen LogP contribution in [-0.2, 0) is 6.42 Å². The fourth-order valence-electron chi connectivity index (χ4n) is 1.16. The number of rotatable bonds is 4. The average Bonchev–Trinajstić information content (AvgIpc) is 2.43.